The van der Waals surface area contributed by atoms with Crippen LogP contribution in [-0.4, -0.2) is 50.8 Å². The van der Waals surface area contributed by atoms with E-state index in [1.54, 1.807) is 30.3 Å². The molecule has 3 rings (SSSR count). The molecule has 0 saturated carbocycles. The topological polar surface area (TPSA) is 96.2 Å². The van der Waals surface area contributed by atoms with Gasteiger partial charge in [0.1, 0.15) is 0 Å². The highest BCUT2D eigenvalue weighted by molar-refractivity contribution is 6.30. The summed E-state index contributed by atoms with van der Waals surface area (Å²) in [6, 6.07) is 12.4. The normalized spacial score (nSPS) is 12.6. The summed E-state index contributed by atoms with van der Waals surface area (Å²) < 4.78 is 0. The average molecular weight is 366 g/mol. The van der Waals surface area contributed by atoms with Gasteiger partial charge >= 0.3 is 0 Å². The summed E-state index contributed by atoms with van der Waals surface area (Å²) in [7, 11) is 0. The number of hydrogen-bond acceptors (Lipinski definition) is 6. The minimum Gasteiger partial charge on any atom is -0.383 e. The number of carbonyl (C=O) groups is 2. The molecule has 0 amide bonds. The van der Waals surface area contributed by atoms with E-state index in [0.717, 1.165) is 32.6 Å². The largest absolute Gasteiger partial charge is 0.383 e. The van der Waals surface area contributed by atoms with Crippen molar-refractivity contribution in [1.29, 1.82) is 0 Å². The number of hydrogen-bond donors (Lipinski definition) is 4. The van der Waals surface area contributed by atoms with E-state index in [-0.39, 0.29) is 11.6 Å². The summed E-state index contributed by atoms with van der Waals surface area (Å²) in [5.74, 6) is -0.186. The van der Waals surface area contributed by atoms with Gasteiger partial charge in [0.15, 0.2) is 11.6 Å². The smallest absolute Gasteiger partial charge is 0.196 e. The predicted molar refractivity (Wildman–Crippen MR) is 108 cm³/mol. The van der Waals surface area contributed by atoms with E-state index in [0.29, 0.717) is 41.0 Å². The van der Waals surface area contributed by atoms with Gasteiger partial charge in [-0.05, 0) is 25.6 Å². The van der Waals surface area contributed by atoms with E-state index in [1.807, 2.05) is 12.1 Å². The minimum absolute atomic E-state index is 0.0908. The number of ketones is 2. The highest BCUT2D eigenvalue weighted by Crippen LogP contribution is 2.31. The van der Waals surface area contributed by atoms with Gasteiger partial charge in [-0.25, -0.2) is 0 Å². The number of fused-ring (bicyclic) bond motifs is 2. The maximum absolute atomic E-state index is 12.9. The summed E-state index contributed by atoms with van der Waals surface area (Å²) in [6.45, 7) is 4.81. The molecule has 0 atom stereocenters. The lowest BCUT2D eigenvalue weighted by Gasteiger charge is -2.20. The van der Waals surface area contributed by atoms with Gasteiger partial charge in [0.25, 0.3) is 0 Å². The highest BCUT2D eigenvalue weighted by atomic mass is 16.1. The Hall–Kier alpha value is -2.54. The second kappa shape index (κ2) is 9.41. The van der Waals surface area contributed by atoms with Gasteiger partial charge in [0, 0.05) is 48.6 Å². The first-order valence-electron chi connectivity index (χ1n) is 9.41. The molecule has 1 aliphatic rings. The van der Waals surface area contributed by atoms with Crippen LogP contribution in [0, 0.1) is 0 Å². The summed E-state index contributed by atoms with van der Waals surface area (Å²) in [6.07, 6.45) is 1.03. The number of benzene rings is 2. The first-order chi connectivity index (χ1) is 13.2. The third-order valence-electron chi connectivity index (χ3n) is 4.60. The van der Waals surface area contributed by atoms with Gasteiger partial charge in [0.05, 0.1) is 5.56 Å². The van der Waals surface area contributed by atoms with Crippen molar-refractivity contribution >= 4 is 17.3 Å². The molecule has 1 aliphatic carbocycles. The van der Waals surface area contributed by atoms with Crippen LogP contribution in [0.4, 0.5) is 5.69 Å². The zero-order valence-electron chi connectivity index (χ0n) is 15.4. The molecule has 0 unspecified atom stereocenters. The molecule has 2 aromatic carbocycles. The van der Waals surface area contributed by atoms with Crippen LogP contribution in [0.15, 0.2) is 42.5 Å². The maximum atomic E-state index is 12.9. The van der Waals surface area contributed by atoms with Gasteiger partial charge < -0.3 is 21.7 Å². The molecule has 0 aromatic heterocycles. The van der Waals surface area contributed by atoms with Crippen molar-refractivity contribution < 1.29 is 9.59 Å². The molecule has 6 heteroatoms. The molecule has 0 bridgehead atoms. The van der Waals surface area contributed by atoms with E-state index < -0.39 is 0 Å². The molecule has 27 heavy (non-hydrogen) atoms. The Bertz CT molecular complexity index is 820. The van der Waals surface area contributed by atoms with Crippen LogP contribution < -0.4 is 21.7 Å². The molecule has 0 aliphatic heterocycles. The molecular formula is C21H26N4O2. The fourth-order valence-electron chi connectivity index (χ4n) is 3.27. The Kier molecular flexibility index (Phi) is 6.70. The van der Waals surface area contributed by atoms with Crippen molar-refractivity contribution in [1.82, 2.24) is 10.6 Å². The summed E-state index contributed by atoms with van der Waals surface area (Å²) in [5, 5.41) is 9.91. The van der Waals surface area contributed by atoms with Gasteiger partial charge in [-0.15, -0.1) is 0 Å². The first kappa shape index (κ1) is 19.2. The van der Waals surface area contributed by atoms with Crippen molar-refractivity contribution in [3.8, 4) is 0 Å². The molecule has 0 radical (unpaired) electrons. The van der Waals surface area contributed by atoms with Crippen LogP contribution in [0.1, 0.15) is 38.3 Å². The molecule has 5 N–H and O–H groups in total. The van der Waals surface area contributed by atoms with Crippen LogP contribution in [0.2, 0.25) is 0 Å². The Morgan fingerprint density at radius 2 is 1.37 bits per heavy atom. The van der Waals surface area contributed by atoms with Gasteiger partial charge in [0.2, 0.25) is 0 Å². The standard InChI is InChI=1S/C21H26N4O2/c22-9-12-23-10-4-11-24-13-14-25-18-8-3-7-17-19(18)21(27)16-6-2-1-5-15(16)20(17)26/h1-3,5-8,23-25H,4,9-14,22H2. The second-order valence-corrected chi connectivity index (χ2v) is 6.50. The lowest BCUT2D eigenvalue weighted by Crippen LogP contribution is -2.28. The lowest BCUT2D eigenvalue weighted by molar-refractivity contribution is 0.0979. The number of nitrogens with two attached hydrogens (primary N) is 1. The maximum Gasteiger partial charge on any atom is 0.196 e. The third kappa shape index (κ3) is 4.42. The average Bonchev–Trinajstić information content (AvgIpc) is 2.70. The van der Waals surface area contributed by atoms with Crippen molar-refractivity contribution in [3.05, 3.63) is 64.7 Å². The van der Waals surface area contributed by atoms with Gasteiger partial charge in [-0.3, -0.25) is 9.59 Å². The fraction of sp³-hybridized carbons (Fsp3) is 0.333. The van der Waals surface area contributed by atoms with Crippen LogP contribution in [0.25, 0.3) is 0 Å². The Morgan fingerprint density at radius 3 is 2.11 bits per heavy atom. The zero-order valence-corrected chi connectivity index (χ0v) is 15.4. The quantitative estimate of drug-likeness (QED) is 0.405. The molecule has 0 spiro atoms. The van der Waals surface area contributed by atoms with E-state index >= 15 is 0 Å². The molecule has 0 fully saturated rings. The van der Waals surface area contributed by atoms with Crippen molar-refractivity contribution in [3.63, 3.8) is 0 Å². The molecule has 2 aromatic rings. The number of carbonyl (C=O) groups excluding carboxylic acids is 2. The molecule has 0 heterocycles. The van der Waals surface area contributed by atoms with Gasteiger partial charge in [-0.2, -0.15) is 0 Å². The van der Waals surface area contributed by atoms with Crippen molar-refractivity contribution in [2.75, 3.05) is 44.6 Å². The van der Waals surface area contributed by atoms with Crippen LogP contribution >= 0.6 is 0 Å². The zero-order chi connectivity index (χ0) is 19.1. The van der Waals surface area contributed by atoms with E-state index in [1.165, 1.54) is 0 Å². The second-order valence-electron chi connectivity index (χ2n) is 6.50. The third-order valence-corrected chi connectivity index (χ3v) is 4.60. The Morgan fingerprint density at radius 1 is 0.704 bits per heavy atom. The van der Waals surface area contributed by atoms with Crippen molar-refractivity contribution in [2.24, 2.45) is 5.73 Å². The molecule has 142 valence electrons. The highest BCUT2D eigenvalue weighted by Gasteiger charge is 2.31. The summed E-state index contributed by atoms with van der Waals surface area (Å²) >= 11 is 0. The number of rotatable bonds is 10. The van der Waals surface area contributed by atoms with E-state index in [9.17, 15) is 9.59 Å². The van der Waals surface area contributed by atoms with Crippen molar-refractivity contribution in [2.45, 2.75) is 6.42 Å². The number of nitrogens with one attached hydrogen (secondary N) is 3. The van der Waals surface area contributed by atoms with Gasteiger partial charge in [-0.1, -0.05) is 36.4 Å². The first-order valence-corrected chi connectivity index (χ1v) is 9.41. The number of anilines is 1. The monoisotopic (exact) mass is 366 g/mol. The van der Waals surface area contributed by atoms with E-state index in [2.05, 4.69) is 16.0 Å². The molecule has 0 saturated heterocycles. The molecule has 6 nitrogen and oxygen atoms in total. The minimum atomic E-state index is -0.0952. The Labute approximate surface area is 159 Å². The van der Waals surface area contributed by atoms with Crippen LogP contribution in [0.3, 0.4) is 0 Å². The van der Waals surface area contributed by atoms with Crippen LogP contribution in [0.5, 0.6) is 0 Å². The Balaban J connectivity index is 1.58. The lowest BCUT2D eigenvalue weighted by atomic mass is 9.83. The summed E-state index contributed by atoms with van der Waals surface area (Å²) in [4.78, 5) is 25.6. The predicted octanol–water partition coefficient (Wildman–Crippen LogP) is 1.40. The van der Waals surface area contributed by atoms with Crippen LogP contribution in [-0.2, 0) is 0 Å². The van der Waals surface area contributed by atoms with E-state index in [4.69, 9.17) is 5.73 Å². The fourth-order valence-corrected chi connectivity index (χ4v) is 3.27. The SMILES string of the molecule is NCCNCCCNCCNc1cccc2c1C(=O)c1ccccc1C2=O. The molecular weight excluding hydrogens is 340 g/mol. The summed E-state index contributed by atoms with van der Waals surface area (Å²) in [5.41, 5.74) is 8.06.